The lowest BCUT2D eigenvalue weighted by Crippen LogP contribution is -2.37. The molecule has 0 amide bonds. The Labute approximate surface area is 132 Å². The van der Waals surface area contributed by atoms with Crippen LogP contribution in [0.4, 0.5) is 0 Å². The second kappa shape index (κ2) is 10.6. The number of benzene rings is 1. The van der Waals surface area contributed by atoms with Crippen LogP contribution in [-0.2, 0) is 0 Å². The van der Waals surface area contributed by atoms with Crippen molar-refractivity contribution in [3.8, 4) is 17.2 Å². The molecule has 0 aliphatic rings. The lowest BCUT2D eigenvalue weighted by Gasteiger charge is -2.11. The molecule has 124 valence electrons. The third-order valence-corrected chi connectivity index (χ3v) is 2.85. The number of hydrogen-bond acceptors (Lipinski definition) is 4. The predicted molar refractivity (Wildman–Crippen MR) is 89.3 cm³/mol. The third-order valence-electron chi connectivity index (χ3n) is 2.85. The predicted octanol–water partition coefficient (Wildman–Crippen LogP) is 2.05. The zero-order valence-electron chi connectivity index (χ0n) is 13.9. The van der Waals surface area contributed by atoms with Gasteiger partial charge in [0.2, 0.25) is 0 Å². The van der Waals surface area contributed by atoms with Crippen LogP contribution in [0, 0.1) is 0 Å². The molecule has 0 atom stereocenters. The SMILES string of the molecule is CCNC(=NCCCOc1cc(OC)cc(OC)c1)NCC. The van der Waals surface area contributed by atoms with Crippen LogP contribution in [-0.4, -0.2) is 46.4 Å². The molecule has 0 fully saturated rings. The molecule has 0 aliphatic carbocycles. The fraction of sp³-hybridized carbons (Fsp3) is 0.562. The van der Waals surface area contributed by atoms with E-state index < -0.39 is 0 Å². The number of nitrogens with one attached hydrogen (secondary N) is 2. The van der Waals surface area contributed by atoms with Crippen LogP contribution in [0.2, 0.25) is 0 Å². The molecule has 0 bridgehead atoms. The van der Waals surface area contributed by atoms with E-state index in [9.17, 15) is 0 Å². The maximum absolute atomic E-state index is 5.72. The van der Waals surface area contributed by atoms with E-state index in [1.165, 1.54) is 0 Å². The van der Waals surface area contributed by atoms with E-state index in [1.807, 2.05) is 32.0 Å². The summed E-state index contributed by atoms with van der Waals surface area (Å²) in [5.41, 5.74) is 0. The fourth-order valence-corrected chi connectivity index (χ4v) is 1.82. The van der Waals surface area contributed by atoms with Crippen molar-refractivity contribution >= 4 is 5.96 Å². The lowest BCUT2D eigenvalue weighted by atomic mass is 10.3. The van der Waals surface area contributed by atoms with Crippen LogP contribution in [0.1, 0.15) is 20.3 Å². The highest BCUT2D eigenvalue weighted by Crippen LogP contribution is 2.27. The van der Waals surface area contributed by atoms with E-state index in [0.29, 0.717) is 24.7 Å². The van der Waals surface area contributed by atoms with Crippen molar-refractivity contribution in [2.75, 3.05) is 40.5 Å². The summed E-state index contributed by atoms with van der Waals surface area (Å²) < 4.78 is 16.1. The Kier molecular flexibility index (Phi) is 8.64. The smallest absolute Gasteiger partial charge is 0.191 e. The molecule has 1 aromatic carbocycles. The van der Waals surface area contributed by atoms with Gasteiger partial charge >= 0.3 is 0 Å². The molecule has 6 heteroatoms. The van der Waals surface area contributed by atoms with Gasteiger partial charge in [-0.3, -0.25) is 4.99 Å². The average Bonchev–Trinajstić information content (AvgIpc) is 2.54. The number of rotatable bonds is 9. The first-order chi connectivity index (χ1) is 10.7. The summed E-state index contributed by atoms with van der Waals surface area (Å²) in [5, 5.41) is 6.37. The van der Waals surface area contributed by atoms with Gasteiger partial charge in [-0.25, -0.2) is 0 Å². The molecule has 0 heterocycles. The molecule has 6 nitrogen and oxygen atoms in total. The summed E-state index contributed by atoms with van der Waals surface area (Å²) in [6, 6.07) is 5.50. The Morgan fingerprint density at radius 2 is 1.50 bits per heavy atom. The minimum Gasteiger partial charge on any atom is -0.496 e. The molecule has 22 heavy (non-hydrogen) atoms. The molecule has 0 radical (unpaired) electrons. The first kappa shape index (κ1) is 17.9. The Balaban J connectivity index is 2.42. The lowest BCUT2D eigenvalue weighted by molar-refractivity contribution is 0.307. The summed E-state index contributed by atoms with van der Waals surface area (Å²) in [6.45, 7) is 7.10. The highest BCUT2D eigenvalue weighted by molar-refractivity contribution is 5.79. The number of methoxy groups -OCH3 is 2. The van der Waals surface area contributed by atoms with Crippen molar-refractivity contribution in [3.63, 3.8) is 0 Å². The summed E-state index contributed by atoms with van der Waals surface area (Å²) >= 11 is 0. The van der Waals surface area contributed by atoms with Crippen LogP contribution >= 0.6 is 0 Å². The van der Waals surface area contributed by atoms with Crippen LogP contribution in [0.5, 0.6) is 17.2 Å². The van der Waals surface area contributed by atoms with Gasteiger partial charge in [0.05, 0.1) is 20.8 Å². The maximum atomic E-state index is 5.72. The number of guanidine groups is 1. The van der Waals surface area contributed by atoms with Crippen molar-refractivity contribution in [2.45, 2.75) is 20.3 Å². The van der Waals surface area contributed by atoms with E-state index in [2.05, 4.69) is 15.6 Å². The quantitative estimate of drug-likeness (QED) is 0.415. The molecule has 0 saturated carbocycles. The number of ether oxygens (including phenoxy) is 3. The largest absolute Gasteiger partial charge is 0.496 e. The summed E-state index contributed by atoms with van der Waals surface area (Å²) in [4.78, 5) is 4.47. The molecular weight excluding hydrogens is 282 g/mol. The Hall–Kier alpha value is -2.11. The van der Waals surface area contributed by atoms with E-state index in [0.717, 1.165) is 31.2 Å². The van der Waals surface area contributed by atoms with Gasteiger partial charge in [-0.1, -0.05) is 0 Å². The van der Waals surface area contributed by atoms with Crippen molar-refractivity contribution in [1.29, 1.82) is 0 Å². The Morgan fingerprint density at radius 3 is 2.00 bits per heavy atom. The second-order valence-corrected chi connectivity index (χ2v) is 4.54. The van der Waals surface area contributed by atoms with Crippen LogP contribution < -0.4 is 24.8 Å². The number of aliphatic imine (C=N–C) groups is 1. The second-order valence-electron chi connectivity index (χ2n) is 4.54. The molecule has 1 aromatic rings. The molecule has 0 aliphatic heterocycles. The van der Waals surface area contributed by atoms with E-state index in [-0.39, 0.29) is 0 Å². The van der Waals surface area contributed by atoms with Gasteiger partial charge in [-0.05, 0) is 13.8 Å². The van der Waals surface area contributed by atoms with Gasteiger partial charge in [0.25, 0.3) is 0 Å². The number of hydrogen-bond donors (Lipinski definition) is 2. The standard InChI is InChI=1S/C16H27N3O3/c1-5-17-16(18-6-2)19-8-7-9-22-15-11-13(20-3)10-14(12-15)21-4/h10-12H,5-9H2,1-4H3,(H2,17,18,19). The molecule has 2 N–H and O–H groups in total. The van der Waals surface area contributed by atoms with Gasteiger partial charge in [0, 0.05) is 44.3 Å². The zero-order valence-corrected chi connectivity index (χ0v) is 13.9. The minimum atomic E-state index is 0.589. The average molecular weight is 309 g/mol. The van der Waals surface area contributed by atoms with Gasteiger partial charge in [0.1, 0.15) is 17.2 Å². The van der Waals surface area contributed by atoms with E-state index in [1.54, 1.807) is 14.2 Å². The van der Waals surface area contributed by atoms with Crippen LogP contribution in [0.3, 0.4) is 0 Å². The van der Waals surface area contributed by atoms with Crippen molar-refractivity contribution in [1.82, 2.24) is 10.6 Å². The minimum absolute atomic E-state index is 0.589. The van der Waals surface area contributed by atoms with Crippen LogP contribution in [0.25, 0.3) is 0 Å². The Bertz CT molecular complexity index is 434. The molecule has 0 spiro atoms. The van der Waals surface area contributed by atoms with Crippen molar-refractivity contribution in [3.05, 3.63) is 18.2 Å². The normalized spacial score (nSPS) is 9.82. The van der Waals surface area contributed by atoms with E-state index in [4.69, 9.17) is 14.2 Å². The fourth-order valence-electron chi connectivity index (χ4n) is 1.82. The third kappa shape index (κ3) is 6.56. The summed E-state index contributed by atoms with van der Waals surface area (Å²) in [7, 11) is 3.24. The van der Waals surface area contributed by atoms with Gasteiger partial charge in [-0.2, -0.15) is 0 Å². The van der Waals surface area contributed by atoms with Gasteiger partial charge in [0.15, 0.2) is 5.96 Å². The monoisotopic (exact) mass is 309 g/mol. The number of nitrogens with zero attached hydrogens (tertiary/aromatic N) is 1. The van der Waals surface area contributed by atoms with Crippen LogP contribution in [0.15, 0.2) is 23.2 Å². The van der Waals surface area contributed by atoms with Crippen molar-refractivity contribution in [2.24, 2.45) is 4.99 Å². The Morgan fingerprint density at radius 1 is 0.955 bits per heavy atom. The maximum Gasteiger partial charge on any atom is 0.191 e. The molecule has 0 unspecified atom stereocenters. The molecule has 0 aromatic heterocycles. The molecular formula is C16H27N3O3. The molecule has 0 saturated heterocycles. The topological polar surface area (TPSA) is 64.1 Å². The zero-order chi connectivity index (χ0) is 16.2. The molecule has 1 rings (SSSR count). The highest BCUT2D eigenvalue weighted by Gasteiger charge is 2.02. The first-order valence-electron chi connectivity index (χ1n) is 7.61. The summed E-state index contributed by atoms with van der Waals surface area (Å²) in [6.07, 6.45) is 0.833. The van der Waals surface area contributed by atoms with Gasteiger partial charge < -0.3 is 24.8 Å². The van der Waals surface area contributed by atoms with Gasteiger partial charge in [-0.15, -0.1) is 0 Å². The van der Waals surface area contributed by atoms with E-state index >= 15 is 0 Å². The highest BCUT2D eigenvalue weighted by atomic mass is 16.5. The summed E-state index contributed by atoms with van der Waals surface area (Å²) in [5.74, 6) is 3.01. The van der Waals surface area contributed by atoms with Crippen molar-refractivity contribution < 1.29 is 14.2 Å². The first-order valence-corrected chi connectivity index (χ1v) is 7.61.